The Morgan fingerprint density at radius 1 is 1.15 bits per heavy atom. The third-order valence-corrected chi connectivity index (χ3v) is 4.61. The van der Waals surface area contributed by atoms with Crippen LogP contribution >= 0.6 is 15.9 Å². The Hall–Kier alpha value is -2.61. The van der Waals surface area contributed by atoms with Gasteiger partial charge in [0.05, 0.1) is 24.4 Å². The van der Waals surface area contributed by atoms with Crippen LogP contribution in [-0.2, 0) is 13.0 Å². The van der Waals surface area contributed by atoms with Gasteiger partial charge in [0.1, 0.15) is 28.4 Å². The normalized spacial score (nSPS) is 10.8. The minimum atomic E-state index is 0.440. The van der Waals surface area contributed by atoms with Crippen LogP contribution in [0, 0.1) is 0 Å². The molecule has 3 N–H and O–H groups in total. The van der Waals surface area contributed by atoms with Gasteiger partial charge in [-0.2, -0.15) is 0 Å². The van der Waals surface area contributed by atoms with E-state index in [0.29, 0.717) is 35.6 Å². The molecule has 0 amide bonds. The summed E-state index contributed by atoms with van der Waals surface area (Å²) in [7, 11) is 3.26. The first-order chi connectivity index (χ1) is 12.6. The van der Waals surface area contributed by atoms with E-state index in [0.717, 1.165) is 27.2 Å². The molecule has 2 heterocycles. The molecule has 26 heavy (non-hydrogen) atoms. The molecule has 0 unspecified atom stereocenters. The first-order valence-corrected chi connectivity index (χ1v) is 8.92. The van der Waals surface area contributed by atoms with Gasteiger partial charge in [0.15, 0.2) is 5.82 Å². The minimum absolute atomic E-state index is 0.440. The Morgan fingerprint density at radius 2 is 1.96 bits per heavy atom. The molecule has 8 heteroatoms. The third-order valence-electron chi connectivity index (χ3n) is 4.03. The van der Waals surface area contributed by atoms with E-state index in [2.05, 4.69) is 36.2 Å². The Labute approximate surface area is 160 Å². The monoisotopic (exact) mass is 417 g/mol. The molecule has 0 saturated carbocycles. The predicted octanol–water partition coefficient (Wildman–Crippen LogP) is 3.56. The lowest BCUT2D eigenvalue weighted by molar-refractivity contribution is 0.391. The highest BCUT2D eigenvalue weighted by Gasteiger charge is 2.13. The first kappa shape index (κ1) is 18.2. The van der Waals surface area contributed by atoms with Crippen LogP contribution in [0.2, 0.25) is 0 Å². The summed E-state index contributed by atoms with van der Waals surface area (Å²) in [5, 5.41) is 3.32. The van der Waals surface area contributed by atoms with E-state index in [9.17, 15) is 0 Å². The number of pyridine rings is 1. The summed E-state index contributed by atoms with van der Waals surface area (Å²) < 4.78 is 11.4. The van der Waals surface area contributed by atoms with Crippen molar-refractivity contribution < 1.29 is 9.47 Å². The lowest BCUT2D eigenvalue weighted by Crippen LogP contribution is -2.07. The van der Waals surface area contributed by atoms with Crippen LogP contribution in [0.1, 0.15) is 18.2 Å². The fourth-order valence-corrected chi connectivity index (χ4v) is 3.00. The molecular formula is C18H20BrN5O2. The van der Waals surface area contributed by atoms with Gasteiger partial charge in [0.2, 0.25) is 0 Å². The number of hydrogen-bond acceptors (Lipinski definition) is 7. The molecule has 0 atom stereocenters. The predicted molar refractivity (Wildman–Crippen MR) is 106 cm³/mol. The second-order valence-corrected chi connectivity index (χ2v) is 6.45. The molecule has 0 saturated heterocycles. The average molecular weight is 418 g/mol. The minimum Gasteiger partial charge on any atom is -0.497 e. The van der Waals surface area contributed by atoms with Gasteiger partial charge in [-0.3, -0.25) is 0 Å². The second-order valence-electron chi connectivity index (χ2n) is 5.59. The number of rotatable bonds is 6. The molecule has 0 radical (unpaired) electrons. The Balaban J connectivity index is 1.96. The fourth-order valence-electron chi connectivity index (χ4n) is 2.62. The van der Waals surface area contributed by atoms with E-state index < -0.39 is 0 Å². The molecule has 7 nitrogen and oxygen atoms in total. The topological polar surface area (TPSA) is 95.2 Å². The smallest absolute Gasteiger partial charge is 0.154 e. The van der Waals surface area contributed by atoms with Crippen LogP contribution < -0.4 is 20.5 Å². The number of aromatic nitrogens is 3. The van der Waals surface area contributed by atoms with E-state index in [1.54, 1.807) is 20.4 Å². The molecule has 2 aromatic heterocycles. The number of nitrogens with two attached hydrogens (primary N) is 1. The van der Waals surface area contributed by atoms with Crippen molar-refractivity contribution >= 4 is 38.6 Å². The quantitative estimate of drug-likeness (QED) is 0.632. The van der Waals surface area contributed by atoms with Crippen LogP contribution in [0.4, 0.5) is 11.6 Å². The van der Waals surface area contributed by atoms with Crippen LogP contribution in [0.15, 0.2) is 28.9 Å². The van der Waals surface area contributed by atoms with Crippen LogP contribution in [0.3, 0.4) is 0 Å². The number of fused-ring (bicyclic) bond motifs is 1. The zero-order valence-corrected chi connectivity index (χ0v) is 16.4. The van der Waals surface area contributed by atoms with E-state index >= 15 is 0 Å². The molecule has 0 spiro atoms. The number of halogens is 1. The molecule has 3 rings (SSSR count). The largest absolute Gasteiger partial charge is 0.497 e. The summed E-state index contributed by atoms with van der Waals surface area (Å²) in [6, 6.07) is 5.69. The lowest BCUT2D eigenvalue weighted by Gasteiger charge is -2.13. The van der Waals surface area contributed by atoms with Crippen molar-refractivity contribution in [1.82, 2.24) is 15.0 Å². The summed E-state index contributed by atoms with van der Waals surface area (Å²) in [6.45, 7) is 2.51. The zero-order chi connectivity index (χ0) is 18.7. The van der Waals surface area contributed by atoms with Crippen molar-refractivity contribution in [2.24, 2.45) is 0 Å². The number of hydrogen-bond donors (Lipinski definition) is 2. The molecule has 0 bridgehead atoms. The number of anilines is 2. The Kier molecular flexibility index (Phi) is 5.41. The molecule has 0 fully saturated rings. The highest BCUT2D eigenvalue weighted by molar-refractivity contribution is 9.10. The Morgan fingerprint density at radius 3 is 2.65 bits per heavy atom. The number of nitrogen functional groups attached to an aromatic ring is 1. The van der Waals surface area contributed by atoms with Gasteiger partial charge in [-0.05, 0) is 34.5 Å². The number of nitrogens with one attached hydrogen (secondary N) is 1. The van der Waals surface area contributed by atoms with E-state index in [-0.39, 0.29) is 0 Å². The van der Waals surface area contributed by atoms with Crippen molar-refractivity contribution in [3.05, 3.63) is 40.1 Å². The second kappa shape index (κ2) is 7.74. The molecule has 136 valence electrons. The van der Waals surface area contributed by atoms with Crippen LogP contribution in [0.5, 0.6) is 11.5 Å². The average Bonchev–Trinajstić information content (AvgIpc) is 2.67. The van der Waals surface area contributed by atoms with Gasteiger partial charge in [-0.1, -0.05) is 6.92 Å². The Bertz CT molecular complexity index is 949. The number of methoxy groups -OCH3 is 2. The fraction of sp³-hybridized carbons (Fsp3) is 0.278. The summed E-state index contributed by atoms with van der Waals surface area (Å²) in [6.07, 6.45) is 2.39. The van der Waals surface area contributed by atoms with Crippen molar-refractivity contribution in [2.45, 2.75) is 19.9 Å². The van der Waals surface area contributed by atoms with Gasteiger partial charge < -0.3 is 20.5 Å². The molecule has 3 aromatic rings. The standard InChI is InChI=1S/C18H20BrN5O2/c1-4-13-17(20)24-15-12(19)9-22-18(16(15)23-13)21-8-10-5-6-11(25-2)7-14(10)26-3/h5-7,9H,4,8H2,1-3H3,(H2,20,24)(H,21,22). The van der Waals surface area contributed by atoms with E-state index in [4.69, 9.17) is 15.2 Å². The van der Waals surface area contributed by atoms with Gasteiger partial charge in [0, 0.05) is 24.4 Å². The lowest BCUT2D eigenvalue weighted by atomic mass is 10.2. The highest BCUT2D eigenvalue weighted by atomic mass is 79.9. The first-order valence-electron chi connectivity index (χ1n) is 8.12. The number of aryl methyl sites for hydroxylation is 1. The molecular weight excluding hydrogens is 398 g/mol. The maximum Gasteiger partial charge on any atom is 0.154 e. The maximum absolute atomic E-state index is 5.98. The molecule has 1 aromatic carbocycles. The van der Waals surface area contributed by atoms with E-state index in [1.807, 2.05) is 25.1 Å². The zero-order valence-electron chi connectivity index (χ0n) is 14.8. The van der Waals surface area contributed by atoms with Crippen molar-refractivity contribution in [3.63, 3.8) is 0 Å². The summed E-state index contributed by atoms with van der Waals surface area (Å²) in [4.78, 5) is 13.6. The van der Waals surface area contributed by atoms with Crippen molar-refractivity contribution in [3.8, 4) is 11.5 Å². The molecule has 0 aliphatic rings. The van der Waals surface area contributed by atoms with Gasteiger partial charge >= 0.3 is 0 Å². The van der Waals surface area contributed by atoms with Gasteiger partial charge in [-0.25, -0.2) is 15.0 Å². The van der Waals surface area contributed by atoms with Gasteiger partial charge in [-0.15, -0.1) is 0 Å². The summed E-state index contributed by atoms with van der Waals surface area (Å²) in [5.41, 5.74) is 9.07. The summed E-state index contributed by atoms with van der Waals surface area (Å²) in [5.74, 6) is 2.56. The van der Waals surface area contributed by atoms with Crippen molar-refractivity contribution in [2.75, 3.05) is 25.3 Å². The van der Waals surface area contributed by atoms with Crippen molar-refractivity contribution in [1.29, 1.82) is 0 Å². The van der Waals surface area contributed by atoms with Crippen LogP contribution in [-0.4, -0.2) is 29.2 Å². The third kappa shape index (κ3) is 3.50. The summed E-state index contributed by atoms with van der Waals surface area (Å²) >= 11 is 3.46. The van der Waals surface area contributed by atoms with Gasteiger partial charge in [0.25, 0.3) is 0 Å². The van der Waals surface area contributed by atoms with E-state index in [1.165, 1.54) is 0 Å². The maximum atomic E-state index is 5.98. The number of nitrogens with zero attached hydrogens (tertiary/aromatic N) is 3. The highest BCUT2D eigenvalue weighted by Crippen LogP contribution is 2.29. The number of ether oxygens (including phenoxy) is 2. The SMILES string of the molecule is CCc1nc2c(NCc3ccc(OC)cc3OC)ncc(Br)c2nc1N. The molecule has 0 aliphatic heterocycles. The van der Waals surface area contributed by atoms with Crippen LogP contribution in [0.25, 0.3) is 11.0 Å². The molecule has 0 aliphatic carbocycles. The number of benzene rings is 1.